The lowest BCUT2D eigenvalue weighted by Gasteiger charge is -2.23. The van der Waals surface area contributed by atoms with Crippen molar-refractivity contribution in [2.75, 3.05) is 13.1 Å². The Bertz CT molecular complexity index is 758. The van der Waals surface area contributed by atoms with Gasteiger partial charge in [-0.2, -0.15) is 0 Å². The molecule has 0 unspecified atom stereocenters. The molecule has 1 aliphatic rings. The van der Waals surface area contributed by atoms with Crippen molar-refractivity contribution >= 4 is 5.91 Å². The first-order chi connectivity index (χ1) is 24.3. The van der Waals surface area contributed by atoms with Gasteiger partial charge in [-0.1, -0.05) is 152 Å². The molecule has 0 aromatic carbocycles. The molecule has 0 bridgehead atoms. The predicted octanol–water partition coefficient (Wildman–Crippen LogP) is 14.0. The largest absolute Gasteiger partial charge is 0.353 e. The van der Waals surface area contributed by atoms with E-state index < -0.39 is 0 Å². The Morgan fingerprint density at radius 3 is 1.41 bits per heavy atom. The molecule has 284 valence electrons. The topological polar surface area (TPSA) is 41.1 Å². The van der Waals surface area contributed by atoms with Gasteiger partial charge in [-0.15, -0.1) is 0 Å². The van der Waals surface area contributed by atoms with E-state index >= 15 is 0 Å². The molecule has 3 heteroatoms. The molecular formula is C46H84N2O. The first kappa shape index (κ1) is 45.4. The maximum absolute atomic E-state index is 12.9. The van der Waals surface area contributed by atoms with Crippen LogP contribution in [-0.2, 0) is 4.79 Å². The van der Waals surface area contributed by atoms with Gasteiger partial charge >= 0.3 is 0 Å². The maximum Gasteiger partial charge on any atom is 0.220 e. The van der Waals surface area contributed by atoms with E-state index in [4.69, 9.17) is 0 Å². The molecule has 1 saturated heterocycles. The van der Waals surface area contributed by atoms with Crippen LogP contribution in [-0.4, -0.2) is 25.0 Å². The standard InChI is InChI=1S/C46H84N2O/c1-3-5-7-9-11-13-15-17-19-21-23-25-27-29-31-33-37-45(48-46(49)39-35-36-44-40-42-47-43-41-44)38-34-32-30-28-26-24-22-20-18-16-14-12-10-8-6-4-2/h11-14,17-20,44-45,47H,3-10,15-16,21-43H2,1-2H3,(H,48,49)/b13-11-,14-12-,19-17-,20-18-. The summed E-state index contributed by atoms with van der Waals surface area (Å²) in [4.78, 5) is 12.9. The molecular weight excluding hydrogens is 597 g/mol. The monoisotopic (exact) mass is 681 g/mol. The summed E-state index contributed by atoms with van der Waals surface area (Å²) in [6.07, 6.45) is 57.6. The van der Waals surface area contributed by atoms with E-state index in [1.807, 2.05) is 0 Å². The lowest BCUT2D eigenvalue weighted by atomic mass is 9.92. The molecule has 0 aromatic heterocycles. The van der Waals surface area contributed by atoms with E-state index in [1.165, 1.54) is 161 Å². The number of carbonyl (C=O) groups excluding carboxylic acids is 1. The Morgan fingerprint density at radius 2 is 0.959 bits per heavy atom. The number of hydrogen-bond donors (Lipinski definition) is 2. The van der Waals surface area contributed by atoms with Crippen LogP contribution in [0.3, 0.4) is 0 Å². The van der Waals surface area contributed by atoms with Gasteiger partial charge in [-0.05, 0) is 122 Å². The van der Waals surface area contributed by atoms with Crippen molar-refractivity contribution in [3.63, 3.8) is 0 Å². The number of amides is 1. The third kappa shape index (κ3) is 33.3. The highest BCUT2D eigenvalue weighted by atomic mass is 16.1. The molecule has 49 heavy (non-hydrogen) atoms. The minimum absolute atomic E-state index is 0.305. The molecule has 0 spiro atoms. The van der Waals surface area contributed by atoms with Crippen LogP contribution in [0.1, 0.15) is 213 Å². The molecule has 2 N–H and O–H groups in total. The maximum atomic E-state index is 12.9. The quantitative estimate of drug-likeness (QED) is 0.0517. The Balaban J connectivity index is 2.17. The van der Waals surface area contributed by atoms with E-state index in [0.717, 1.165) is 51.1 Å². The lowest BCUT2D eigenvalue weighted by molar-refractivity contribution is -0.122. The van der Waals surface area contributed by atoms with Crippen molar-refractivity contribution in [1.29, 1.82) is 0 Å². The number of carbonyl (C=O) groups is 1. The van der Waals surface area contributed by atoms with E-state index in [2.05, 4.69) is 73.1 Å². The molecule has 1 amide bonds. The highest BCUT2D eigenvalue weighted by Gasteiger charge is 2.15. The molecule has 0 atom stereocenters. The highest BCUT2D eigenvalue weighted by Crippen LogP contribution is 2.19. The molecule has 0 aliphatic carbocycles. The van der Waals surface area contributed by atoms with Crippen LogP contribution in [0.4, 0.5) is 0 Å². The Morgan fingerprint density at radius 1 is 0.551 bits per heavy atom. The summed E-state index contributed by atoms with van der Waals surface area (Å²) in [5.41, 5.74) is 0. The van der Waals surface area contributed by atoms with Crippen LogP contribution in [0.15, 0.2) is 48.6 Å². The van der Waals surface area contributed by atoms with Crippen molar-refractivity contribution in [2.24, 2.45) is 5.92 Å². The van der Waals surface area contributed by atoms with E-state index in [1.54, 1.807) is 0 Å². The summed E-state index contributed by atoms with van der Waals surface area (Å²) in [6, 6.07) is 0.378. The molecule has 0 saturated carbocycles. The van der Waals surface area contributed by atoms with Crippen LogP contribution < -0.4 is 10.6 Å². The summed E-state index contributed by atoms with van der Waals surface area (Å²) in [5, 5.41) is 6.95. The first-order valence-electron chi connectivity index (χ1n) is 21.9. The zero-order valence-electron chi connectivity index (χ0n) is 33.0. The highest BCUT2D eigenvalue weighted by molar-refractivity contribution is 5.76. The van der Waals surface area contributed by atoms with Gasteiger partial charge in [0.25, 0.3) is 0 Å². The van der Waals surface area contributed by atoms with Crippen molar-refractivity contribution in [1.82, 2.24) is 10.6 Å². The average molecular weight is 681 g/mol. The summed E-state index contributed by atoms with van der Waals surface area (Å²) < 4.78 is 0. The molecule has 0 aromatic rings. The molecule has 3 nitrogen and oxygen atoms in total. The van der Waals surface area contributed by atoms with Crippen LogP contribution in [0, 0.1) is 5.92 Å². The van der Waals surface area contributed by atoms with Crippen LogP contribution in [0.2, 0.25) is 0 Å². The number of piperidine rings is 1. The SMILES string of the molecule is CCCCC/C=C\C/C=C\CCCCCCCCC(CCCCCCCC/C=C\C/C=C\CCCCC)NC(=O)CCCC1CCNCC1. The summed E-state index contributed by atoms with van der Waals surface area (Å²) in [6.45, 7) is 6.84. The van der Waals surface area contributed by atoms with E-state index in [0.29, 0.717) is 18.4 Å². The second-order valence-corrected chi connectivity index (χ2v) is 15.1. The van der Waals surface area contributed by atoms with Crippen molar-refractivity contribution < 1.29 is 4.79 Å². The summed E-state index contributed by atoms with van der Waals surface area (Å²) in [7, 11) is 0. The normalized spacial score (nSPS) is 14.5. The molecule has 1 fully saturated rings. The lowest BCUT2D eigenvalue weighted by Crippen LogP contribution is -2.35. The zero-order valence-corrected chi connectivity index (χ0v) is 33.0. The second-order valence-electron chi connectivity index (χ2n) is 15.1. The van der Waals surface area contributed by atoms with E-state index in [-0.39, 0.29) is 0 Å². The second kappa shape index (κ2) is 37.6. The number of allylic oxidation sites excluding steroid dienone is 8. The molecule has 0 radical (unpaired) electrons. The van der Waals surface area contributed by atoms with Gasteiger partial charge < -0.3 is 10.6 Å². The zero-order chi connectivity index (χ0) is 35.1. The number of rotatable bonds is 35. The van der Waals surface area contributed by atoms with Crippen LogP contribution in [0.5, 0.6) is 0 Å². The van der Waals surface area contributed by atoms with Gasteiger partial charge in [0.1, 0.15) is 0 Å². The third-order valence-corrected chi connectivity index (χ3v) is 10.3. The van der Waals surface area contributed by atoms with Crippen molar-refractivity contribution in [3.8, 4) is 0 Å². The smallest absolute Gasteiger partial charge is 0.220 e. The Hall–Kier alpha value is -1.61. The number of unbranched alkanes of at least 4 members (excludes halogenated alkanes) is 18. The fourth-order valence-electron chi connectivity index (χ4n) is 7.07. The molecule has 1 aliphatic heterocycles. The predicted molar refractivity (Wildman–Crippen MR) is 219 cm³/mol. The van der Waals surface area contributed by atoms with Gasteiger partial charge in [-0.3, -0.25) is 4.79 Å². The fourth-order valence-corrected chi connectivity index (χ4v) is 7.07. The summed E-state index contributed by atoms with van der Waals surface area (Å²) in [5.74, 6) is 1.13. The van der Waals surface area contributed by atoms with E-state index in [9.17, 15) is 4.79 Å². The van der Waals surface area contributed by atoms with Gasteiger partial charge in [0.05, 0.1) is 0 Å². The Kier molecular flexibility index (Phi) is 34.9. The minimum Gasteiger partial charge on any atom is -0.353 e. The minimum atomic E-state index is 0.305. The molecule has 1 rings (SSSR count). The number of hydrogen-bond acceptors (Lipinski definition) is 2. The third-order valence-electron chi connectivity index (χ3n) is 10.3. The van der Waals surface area contributed by atoms with Crippen LogP contribution >= 0.6 is 0 Å². The van der Waals surface area contributed by atoms with Gasteiger partial charge in [-0.25, -0.2) is 0 Å². The van der Waals surface area contributed by atoms with Gasteiger partial charge in [0.15, 0.2) is 0 Å². The Labute approximate surface area is 307 Å². The summed E-state index contributed by atoms with van der Waals surface area (Å²) >= 11 is 0. The van der Waals surface area contributed by atoms with Crippen LogP contribution in [0.25, 0.3) is 0 Å². The van der Waals surface area contributed by atoms with Crippen molar-refractivity contribution in [2.45, 2.75) is 219 Å². The first-order valence-corrected chi connectivity index (χ1v) is 21.9. The fraction of sp³-hybridized carbons (Fsp3) is 0.804. The van der Waals surface area contributed by atoms with Gasteiger partial charge in [0.2, 0.25) is 5.91 Å². The van der Waals surface area contributed by atoms with Crippen molar-refractivity contribution in [3.05, 3.63) is 48.6 Å². The molecule has 1 heterocycles. The number of nitrogens with one attached hydrogen (secondary N) is 2. The average Bonchev–Trinajstić information content (AvgIpc) is 3.11. The van der Waals surface area contributed by atoms with Gasteiger partial charge in [0, 0.05) is 12.5 Å².